The van der Waals surface area contributed by atoms with E-state index in [-0.39, 0.29) is 47.5 Å². The van der Waals surface area contributed by atoms with Crippen molar-refractivity contribution in [1.29, 1.82) is 0 Å². The van der Waals surface area contributed by atoms with Gasteiger partial charge in [0.05, 0.1) is 35.4 Å². The molecule has 0 aliphatic carbocycles. The van der Waals surface area contributed by atoms with Crippen LogP contribution >= 0.6 is 0 Å². The van der Waals surface area contributed by atoms with Crippen molar-refractivity contribution in [3.8, 4) is 16.9 Å². The van der Waals surface area contributed by atoms with E-state index in [0.717, 1.165) is 29.8 Å². The van der Waals surface area contributed by atoms with Crippen LogP contribution in [-0.4, -0.2) is 59.5 Å². The van der Waals surface area contributed by atoms with Crippen molar-refractivity contribution in [3.05, 3.63) is 69.4 Å². The Labute approximate surface area is 252 Å². The molecule has 1 atom stereocenters. The summed E-state index contributed by atoms with van der Waals surface area (Å²) in [6.45, 7) is 5.23. The van der Waals surface area contributed by atoms with Crippen LogP contribution in [0.5, 0.6) is 5.75 Å². The smallest absolute Gasteiger partial charge is 0.343 e. The molecule has 232 valence electrons. The van der Waals surface area contributed by atoms with Gasteiger partial charge in [-0.1, -0.05) is 6.07 Å². The number of nitrogen functional groups attached to an aromatic ring is 2. The van der Waals surface area contributed by atoms with Crippen molar-refractivity contribution in [1.82, 2.24) is 14.5 Å². The largest absolute Gasteiger partial charge is 0.488 e. The molecule has 4 aromatic rings. The molecule has 2 aromatic heterocycles. The summed E-state index contributed by atoms with van der Waals surface area (Å²) in [5, 5.41) is 0.0824. The first kappa shape index (κ1) is 30.7. The van der Waals surface area contributed by atoms with Crippen LogP contribution in [0.4, 0.5) is 21.8 Å². The first-order chi connectivity index (χ1) is 20.8. The third-order valence-electron chi connectivity index (χ3n) is 7.30. The van der Waals surface area contributed by atoms with Gasteiger partial charge >= 0.3 is 5.97 Å². The van der Waals surface area contributed by atoms with Crippen LogP contribution < -0.4 is 26.5 Å². The van der Waals surface area contributed by atoms with E-state index in [0.29, 0.717) is 29.7 Å². The minimum Gasteiger partial charge on any atom is -0.488 e. The standard InChI is InChI=1S/C28H27FN6O4.CH4O3S/c1-3-38-27(37)19-12-35-14(2)13-39-25-22(20(29)9-18(23(25)35)24(19)36)16-4-5-21-15(8-16)6-7-34(21)11-17-10-32-28(31)33-26(17)30;1-5(2,3)4/h4-5,8-10,12,14H,3,6-7,11,13H2,1-2H3,(H4,30,31,32,33);1H3,(H,2,3,4)/t14-;/m0./s1. The molecule has 0 fully saturated rings. The maximum Gasteiger partial charge on any atom is 0.343 e. The van der Waals surface area contributed by atoms with Crippen molar-refractivity contribution in [2.24, 2.45) is 0 Å². The minimum atomic E-state index is -3.67. The van der Waals surface area contributed by atoms with E-state index in [1.807, 2.05) is 25.1 Å². The number of hydrogen-bond acceptors (Lipinski definition) is 11. The number of nitrogens with zero attached hydrogens (tertiary/aromatic N) is 4. The Morgan fingerprint density at radius 2 is 2.00 bits per heavy atom. The SMILES string of the molecule is CCOC(=O)c1cn2c3c(c(-c4ccc5c(c4)CCN5Cc4cnc(N)nc4N)c(F)cc3c1=O)OC[C@@H]2C.CS(=O)(=O)O. The molecule has 0 radical (unpaired) electrons. The minimum absolute atomic E-state index is 0.0824. The molecule has 44 heavy (non-hydrogen) atoms. The Morgan fingerprint density at radius 3 is 2.68 bits per heavy atom. The lowest BCUT2D eigenvalue weighted by Gasteiger charge is -2.29. The van der Waals surface area contributed by atoms with Gasteiger partial charge in [0.1, 0.15) is 23.8 Å². The zero-order chi connectivity index (χ0) is 31.9. The normalized spacial score (nSPS) is 15.3. The fourth-order valence-corrected chi connectivity index (χ4v) is 5.40. The monoisotopic (exact) mass is 626 g/mol. The van der Waals surface area contributed by atoms with Crippen molar-refractivity contribution in [3.63, 3.8) is 0 Å². The van der Waals surface area contributed by atoms with E-state index in [9.17, 15) is 18.0 Å². The number of rotatable bonds is 5. The van der Waals surface area contributed by atoms with Gasteiger partial charge in [-0.3, -0.25) is 9.35 Å². The maximum atomic E-state index is 15.8. The Kier molecular flexibility index (Phi) is 8.18. The van der Waals surface area contributed by atoms with Gasteiger partial charge in [0.25, 0.3) is 10.1 Å². The summed E-state index contributed by atoms with van der Waals surface area (Å²) >= 11 is 0. The Balaban J connectivity index is 0.000000712. The molecule has 0 amide bonds. The molecule has 2 aliphatic rings. The summed E-state index contributed by atoms with van der Waals surface area (Å²) in [5.41, 5.74) is 15.2. The highest BCUT2D eigenvalue weighted by molar-refractivity contribution is 7.85. The Hall–Kier alpha value is -4.76. The second kappa shape index (κ2) is 11.7. The van der Waals surface area contributed by atoms with Crippen LogP contribution in [0.25, 0.3) is 22.0 Å². The van der Waals surface area contributed by atoms with Gasteiger partial charge in [-0.2, -0.15) is 13.4 Å². The van der Waals surface area contributed by atoms with Gasteiger partial charge in [0.2, 0.25) is 11.4 Å². The fraction of sp³-hybridized carbons (Fsp3) is 0.310. The van der Waals surface area contributed by atoms with E-state index in [2.05, 4.69) is 14.9 Å². The number of esters is 1. The molecule has 13 nitrogen and oxygen atoms in total. The summed E-state index contributed by atoms with van der Waals surface area (Å²) in [5.74, 6) is -0.569. The molecule has 15 heteroatoms. The molecule has 5 N–H and O–H groups in total. The number of ether oxygens (including phenoxy) is 2. The molecule has 4 heterocycles. The summed E-state index contributed by atoms with van der Waals surface area (Å²) in [6.07, 6.45) is 4.60. The predicted molar refractivity (Wildman–Crippen MR) is 163 cm³/mol. The number of anilines is 3. The summed E-state index contributed by atoms with van der Waals surface area (Å²) < 4.78 is 54.6. The average Bonchev–Trinajstić information content (AvgIpc) is 3.34. The zero-order valence-corrected chi connectivity index (χ0v) is 25.0. The van der Waals surface area contributed by atoms with Crippen molar-refractivity contribution >= 4 is 44.4 Å². The number of aromatic nitrogens is 3. The Bertz CT molecular complexity index is 1960. The van der Waals surface area contributed by atoms with Crippen LogP contribution in [0.15, 0.2) is 41.5 Å². The van der Waals surface area contributed by atoms with Gasteiger partial charge in [-0.15, -0.1) is 0 Å². The quantitative estimate of drug-likeness (QED) is 0.217. The summed E-state index contributed by atoms with van der Waals surface area (Å²) in [7, 11) is -3.67. The summed E-state index contributed by atoms with van der Waals surface area (Å²) in [6, 6.07) is 6.77. The van der Waals surface area contributed by atoms with E-state index < -0.39 is 27.3 Å². The highest BCUT2D eigenvalue weighted by Gasteiger charge is 2.30. The molecule has 0 unspecified atom stereocenters. The van der Waals surface area contributed by atoms with Crippen molar-refractivity contribution in [2.75, 3.05) is 42.4 Å². The van der Waals surface area contributed by atoms with E-state index in [1.165, 1.54) is 12.3 Å². The number of benzene rings is 2. The molecular weight excluding hydrogens is 595 g/mol. The van der Waals surface area contributed by atoms with E-state index >= 15 is 4.39 Å². The fourth-order valence-electron chi connectivity index (χ4n) is 5.40. The van der Waals surface area contributed by atoms with Gasteiger partial charge < -0.3 is 30.4 Å². The van der Waals surface area contributed by atoms with Crippen LogP contribution in [0.2, 0.25) is 0 Å². The van der Waals surface area contributed by atoms with Crippen LogP contribution in [0.3, 0.4) is 0 Å². The number of fused-ring (bicyclic) bond motifs is 1. The van der Waals surface area contributed by atoms with Gasteiger partial charge in [0.15, 0.2) is 5.75 Å². The highest BCUT2D eigenvalue weighted by Crippen LogP contribution is 2.43. The molecule has 6 rings (SSSR count). The van der Waals surface area contributed by atoms with Gasteiger partial charge in [-0.25, -0.2) is 14.2 Å². The van der Waals surface area contributed by atoms with Gasteiger partial charge in [0, 0.05) is 36.7 Å². The van der Waals surface area contributed by atoms with Crippen molar-refractivity contribution in [2.45, 2.75) is 32.9 Å². The molecular formula is C29H31FN6O7S. The molecule has 0 bridgehead atoms. The number of pyridine rings is 1. The first-order valence-electron chi connectivity index (χ1n) is 13.7. The van der Waals surface area contributed by atoms with Crippen LogP contribution in [0, 0.1) is 5.82 Å². The number of carbonyl (C=O) groups excluding carboxylic acids is 1. The predicted octanol–water partition coefficient (Wildman–Crippen LogP) is 2.96. The van der Waals surface area contributed by atoms with Crippen LogP contribution in [-0.2, 0) is 27.8 Å². The maximum absolute atomic E-state index is 15.8. The third-order valence-corrected chi connectivity index (χ3v) is 7.30. The Morgan fingerprint density at radius 1 is 1.27 bits per heavy atom. The molecule has 0 saturated carbocycles. The molecule has 2 aromatic carbocycles. The lowest BCUT2D eigenvalue weighted by atomic mass is 9.96. The molecule has 2 aliphatic heterocycles. The second-order valence-corrected chi connectivity index (χ2v) is 12.0. The third kappa shape index (κ3) is 6.01. The van der Waals surface area contributed by atoms with E-state index in [4.69, 9.17) is 25.5 Å². The average molecular weight is 627 g/mol. The lowest BCUT2D eigenvalue weighted by Crippen LogP contribution is -2.27. The zero-order valence-electron chi connectivity index (χ0n) is 24.2. The number of nitrogens with two attached hydrogens (primary N) is 2. The number of hydrogen-bond donors (Lipinski definition) is 3. The first-order valence-corrected chi connectivity index (χ1v) is 15.5. The number of halogens is 1. The number of carbonyl (C=O) groups is 1. The molecule has 0 saturated heterocycles. The lowest BCUT2D eigenvalue weighted by molar-refractivity contribution is 0.0523. The molecule has 0 spiro atoms. The van der Waals surface area contributed by atoms with E-state index in [1.54, 1.807) is 17.7 Å². The van der Waals surface area contributed by atoms with Crippen molar-refractivity contribution < 1.29 is 31.6 Å². The van der Waals surface area contributed by atoms with Gasteiger partial charge in [-0.05, 0) is 49.6 Å². The highest BCUT2D eigenvalue weighted by atomic mass is 32.2. The van der Waals surface area contributed by atoms with Crippen LogP contribution in [0.1, 0.15) is 41.4 Å². The summed E-state index contributed by atoms with van der Waals surface area (Å²) in [4.78, 5) is 35.9. The topological polar surface area (TPSA) is 193 Å². The second-order valence-electron chi connectivity index (χ2n) is 10.5.